The minimum absolute atomic E-state index is 0.212. The first kappa shape index (κ1) is 11.9. The quantitative estimate of drug-likeness (QED) is 0.679. The molecule has 1 amide bonds. The van der Waals surface area contributed by atoms with E-state index in [2.05, 4.69) is 27.5 Å². The first-order valence-corrected chi connectivity index (χ1v) is 5.88. The van der Waals surface area contributed by atoms with Crippen molar-refractivity contribution in [2.75, 3.05) is 25.9 Å². The van der Waals surface area contributed by atoms with Gasteiger partial charge in [0.25, 0.3) is 5.91 Å². The highest BCUT2D eigenvalue weighted by Crippen LogP contribution is 2.24. The van der Waals surface area contributed by atoms with Gasteiger partial charge in [-0.15, -0.1) is 0 Å². The number of anilines is 1. The van der Waals surface area contributed by atoms with E-state index in [0.29, 0.717) is 18.3 Å². The summed E-state index contributed by atoms with van der Waals surface area (Å²) in [4.78, 5) is 14.0. The molecule has 6 heteroatoms. The van der Waals surface area contributed by atoms with E-state index in [4.69, 9.17) is 5.73 Å². The molecule has 1 aliphatic carbocycles. The van der Waals surface area contributed by atoms with Crippen molar-refractivity contribution >= 4 is 11.6 Å². The van der Waals surface area contributed by atoms with Gasteiger partial charge >= 0.3 is 0 Å². The number of nitrogen functional groups attached to an aromatic ring is 1. The van der Waals surface area contributed by atoms with E-state index in [1.165, 1.54) is 12.8 Å². The van der Waals surface area contributed by atoms with Crippen LogP contribution in [0.15, 0.2) is 0 Å². The second kappa shape index (κ2) is 4.75. The van der Waals surface area contributed by atoms with Gasteiger partial charge < -0.3 is 16.0 Å². The Balaban J connectivity index is 1.79. The molecular formula is C11H19N5O. The molecule has 0 aliphatic heterocycles. The molecule has 1 aromatic rings. The lowest BCUT2D eigenvalue weighted by atomic mass is 10.3. The van der Waals surface area contributed by atoms with Gasteiger partial charge in [0.1, 0.15) is 0 Å². The minimum Gasteiger partial charge on any atom is -0.395 e. The Bertz CT molecular complexity index is 410. The Morgan fingerprint density at radius 2 is 2.35 bits per heavy atom. The summed E-state index contributed by atoms with van der Waals surface area (Å²) < 4.78 is 0. The van der Waals surface area contributed by atoms with Crippen LogP contribution in [-0.4, -0.2) is 47.2 Å². The molecule has 0 atom stereocenters. The van der Waals surface area contributed by atoms with Crippen molar-refractivity contribution in [3.05, 3.63) is 11.4 Å². The Morgan fingerprint density at radius 1 is 1.65 bits per heavy atom. The second-order valence-corrected chi connectivity index (χ2v) is 4.58. The van der Waals surface area contributed by atoms with Crippen LogP contribution in [0.25, 0.3) is 0 Å². The monoisotopic (exact) mass is 237 g/mol. The van der Waals surface area contributed by atoms with Crippen molar-refractivity contribution in [3.8, 4) is 0 Å². The molecule has 1 fully saturated rings. The van der Waals surface area contributed by atoms with E-state index in [1.54, 1.807) is 6.92 Å². The summed E-state index contributed by atoms with van der Waals surface area (Å²) in [5, 5.41) is 9.41. The molecule has 0 radical (unpaired) electrons. The summed E-state index contributed by atoms with van der Waals surface area (Å²) in [5.41, 5.74) is 7.17. The maximum Gasteiger partial charge on any atom is 0.273 e. The maximum absolute atomic E-state index is 11.8. The number of nitrogens with one attached hydrogen (secondary N) is 2. The smallest absolute Gasteiger partial charge is 0.273 e. The van der Waals surface area contributed by atoms with E-state index in [9.17, 15) is 4.79 Å². The molecule has 1 heterocycles. The number of nitrogens with two attached hydrogens (primary N) is 1. The van der Waals surface area contributed by atoms with Gasteiger partial charge in [0.2, 0.25) is 0 Å². The van der Waals surface area contributed by atoms with Gasteiger partial charge in [-0.1, -0.05) is 0 Å². The standard InChI is InChI=1S/C11H19N5O/c1-7-9(12)10(15-14-7)11(17)13-5-6-16(2)8-3-4-8/h8H,3-6,12H2,1-2H3,(H,13,17)(H,14,15). The lowest BCUT2D eigenvalue weighted by Crippen LogP contribution is -2.34. The molecule has 0 saturated heterocycles. The van der Waals surface area contributed by atoms with Crippen LogP contribution in [0.5, 0.6) is 0 Å². The lowest BCUT2D eigenvalue weighted by Gasteiger charge is -2.15. The summed E-state index contributed by atoms with van der Waals surface area (Å²) in [7, 11) is 2.08. The zero-order valence-electron chi connectivity index (χ0n) is 10.3. The minimum atomic E-state index is -0.212. The average Bonchev–Trinajstić information content (AvgIpc) is 3.08. The number of amides is 1. The van der Waals surface area contributed by atoms with Gasteiger partial charge in [-0.05, 0) is 26.8 Å². The van der Waals surface area contributed by atoms with Gasteiger partial charge in [-0.3, -0.25) is 9.89 Å². The van der Waals surface area contributed by atoms with Crippen molar-refractivity contribution in [2.24, 2.45) is 0 Å². The predicted molar refractivity (Wildman–Crippen MR) is 65.7 cm³/mol. The summed E-state index contributed by atoms with van der Waals surface area (Å²) in [6.45, 7) is 3.27. The maximum atomic E-state index is 11.8. The predicted octanol–water partition coefficient (Wildman–Crippen LogP) is 0.124. The van der Waals surface area contributed by atoms with Crippen LogP contribution < -0.4 is 11.1 Å². The SMILES string of the molecule is Cc1[nH]nc(C(=O)NCCN(C)C2CC2)c1N. The number of aromatic amines is 1. The van der Waals surface area contributed by atoms with Crippen molar-refractivity contribution < 1.29 is 4.79 Å². The number of aryl methyl sites for hydroxylation is 1. The summed E-state index contributed by atoms with van der Waals surface area (Å²) in [6.07, 6.45) is 2.55. The Morgan fingerprint density at radius 3 is 2.88 bits per heavy atom. The van der Waals surface area contributed by atoms with Crippen LogP contribution in [0.1, 0.15) is 29.0 Å². The first-order chi connectivity index (χ1) is 8.09. The second-order valence-electron chi connectivity index (χ2n) is 4.58. The lowest BCUT2D eigenvalue weighted by molar-refractivity contribution is 0.0945. The number of hydrogen-bond donors (Lipinski definition) is 3. The van der Waals surface area contributed by atoms with Gasteiger partial charge in [0, 0.05) is 19.1 Å². The number of rotatable bonds is 5. The zero-order chi connectivity index (χ0) is 12.4. The highest BCUT2D eigenvalue weighted by Gasteiger charge is 2.25. The zero-order valence-corrected chi connectivity index (χ0v) is 10.3. The highest BCUT2D eigenvalue weighted by molar-refractivity contribution is 5.97. The molecular weight excluding hydrogens is 218 g/mol. The van der Waals surface area contributed by atoms with E-state index in [1.807, 2.05) is 0 Å². The van der Waals surface area contributed by atoms with E-state index >= 15 is 0 Å². The van der Waals surface area contributed by atoms with Crippen LogP contribution >= 0.6 is 0 Å². The fourth-order valence-corrected chi connectivity index (χ4v) is 1.74. The third kappa shape index (κ3) is 2.76. The number of aromatic nitrogens is 2. The fraction of sp³-hybridized carbons (Fsp3) is 0.636. The molecule has 1 saturated carbocycles. The Kier molecular flexibility index (Phi) is 3.33. The van der Waals surface area contributed by atoms with Crippen molar-refractivity contribution in [2.45, 2.75) is 25.8 Å². The van der Waals surface area contributed by atoms with Gasteiger partial charge in [0.15, 0.2) is 5.69 Å². The molecule has 2 rings (SSSR count). The molecule has 6 nitrogen and oxygen atoms in total. The van der Waals surface area contributed by atoms with Gasteiger partial charge in [0.05, 0.1) is 11.4 Å². The van der Waals surface area contributed by atoms with Crippen molar-refractivity contribution in [1.29, 1.82) is 0 Å². The number of likely N-dealkylation sites (N-methyl/N-ethyl adjacent to an activating group) is 1. The summed E-state index contributed by atoms with van der Waals surface area (Å²) in [5.74, 6) is -0.212. The molecule has 94 valence electrons. The number of carbonyl (C=O) groups is 1. The molecule has 1 aromatic heterocycles. The molecule has 4 N–H and O–H groups in total. The summed E-state index contributed by atoms with van der Waals surface area (Å²) >= 11 is 0. The average molecular weight is 237 g/mol. The highest BCUT2D eigenvalue weighted by atomic mass is 16.1. The van der Waals surface area contributed by atoms with E-state index in [-0.39, 0.29) is 11.6 Å². The van der Waals surface area contributed by atoms with Gasteiger partial charge in [-0.2, -0.15) is 5.10 Å². The Hall–Kier alpha value is -1.56. The summed E-state index contributed by atoms with van der Waals surface area (Å²) in [6, 6.07) is 0.713. The number of hydrogen-bond acceptors (Lipinski definition) is 4. The molecule has 0 bridgehead atoms. The Labute approximate surface area is 101 Å². The number of H-pyrrole nitrogens is 1. The van der Waals surface area contributed by atoms with E-state index in [0.717, 1.165) is 12.2 Å². The molecule has 1 aliphatic rings. The van der Waals surface area contributed by atoms with Crippen molar-refractivity contribution in [1.82, 2.24) is 20.4 Å². The largest absolute Gasteiger partial charge is 0.395 e. The topological polar surface area (TPSA) is 87.0 Å². The van der Waals surface area contributed by atoms with Crippen molar-refractivity contribution in [3.63, 3.8) is 0 Å². The number of carbonyl (C=O) groups excluding carboxylic acids is 1. The van der Waals surface area contributed by atoms with Crippen LogP contribution in [0.4, 0.5) is 5.69 Å². The van der Waals surface area contributed by atoms with Gasteiger partial charge in [-0.25, -0.2) is 0 Å². The molecule has 17 heavy (non-hydrogen) atoms. The van der Waals surface area contributed by atoms with Crippen LogP contribution in [-0.2, 0) is 0 Å². The third-order valence-electron chi connectivity index (χ3n) is 3.13. The molecule has 0 unspecified atom stereocenters. The van der Waals surface area contributed by atoms with Crippen LogP contribution in [0.3, 0.4) is 0 Å². The first-order valence-electron chi connectivity index (χ1n) is 5.88. The third-order valence-corrected chi connectivity index (χ3v) is 3.13. The molecule has 0 aromatic carbocycles. The van der Waals surface area contributed by atoms with Crippen LogP contribution in [0.2, 0.25) is 0 Å². The molecule has 0 spiro atoms. The van der Waals surface area contributed by atoms with E-state index < -0.39 is 0 Å². The normalized spacial score (nSPS) is 15.2. The number of nitrogens with zero attached hydrogens (tertiary/aromatic N) is 2. The fourth-order valence-electron chi connectivity index (χ4n) is 1.74. The van der Waals surface area contributed by atoms with Crippen LogP contribution in [0, 0.1) is 6.92 Å².